The van der Waals surface area contributed by atoms with Gasteiger partial charge in [-0.1, -0.05) is 0 Å². The summed E-state index contributed by atoms with van der Waals surface area (Å²) in [6.45, 7) is 0.461. The van der Waals surface area contributed by atoms with Crippen molar-refractivity contribution in [3.63, 3.8) is 0 Å². The average molecular weight is 262 g/mol. The highest BCUT2D eigenvalue weighted by atomic mass is 16.2. The lowest BCUT2D eigenvalue weighted by Gasteiger charge is -2.05. The second-order valence-corrected chi connectivity index (χ2v) is 4.68. The molecule has 0 bridgehead atoms. The number of rotatable bonds is 6. The minimum absolute atomic E-state index is 0.0577. The Labute approximate surface area is 111 Å². The summed E-state index contributed by atoms with van der Waals surface area (Å²) < 4.78 is 0. The van der Waals surface area contributed by atoms with E-state index in [0.29, 0.717) is 36.8 Å². The zero-order valence-electron chi connectivity index (χ0n) is 10.7. The van der Waals surface area contributed by atoms with E-state index < -0.39 is 0 Å². The number of nitrogen functional groups attached to an aromatic ring is 1. The van der Waals surface area contributed by atoms with Gasteiger partial charge in [0, 0.05) is 19.0 Å². The van der Waals surface area contributed by atoms with E-state index in [-0.39, 0.29) is 11.8 Å². The maximum atomic E-state index is 11.7. The van der Waals surface area contributed by atoms with Crippen LogP contribution < -0.4 is 16.4 Å². The molecule has 1 fully saturated rings. The van der Waals surface area contributed by atoms with Crippen LogP contribution in [0, 0.1) is 0 Å². The van der Waals surface area contributed by atoms with Crippen LogP contribution in [-0.2, 0) is 4.79 Å². The number of nitrogens with one attached hydrogen (secondary N) is 2. The van der Waals surface area contributed by atoms with Crippen molar-refractivity contribution in [2.24, 2.45) is 0 Å². The predicted molar refractivity (Wildman–Crippen MR) is 71.4 cm³/mol. The Morgan fingerprint density at radius 3 is 2.79 bits per heavy atom. The number of anilines is 1. The third kappa shape index (κ3) is 4.57. The van der Waals surface area contributed by atoms with Crippen LogP contribution in [0.5, 0.6) is 0 Å². The maximum Gasteiger partial charge on any atom is 0.269 e. The molecule has 1 heterocycles. The second-order valence-electron chi connectivity index (χ2n) is 4.68. The normalized spacial score (nSPS) is 13.9. The van der Waals surface area contributed by atoms with Gasteiger partial charge in [-0.3, -0.25) is 9.59 Å². The largest absolute Gasteiger partial charge is 0.397 e. The summed E-state index contributed by atoms with van der Waals surface area (Å²) in [6.07, 6.45) is 4.68. The van der Waals surface area contributed by atoms with E-state index in [1.807, 2.05) is 0 Å². The number of nitrogens with two attached hydrogens (primary N) is 1. The third-order valence-electron chi connectivity index (χ3n) is 2.83. The SMILES string of the molecule is Nc1ccc(C(=O)NCCCC(=O)NC2CC2)nc1. The van der Waals surface area contributed by atoms with Crippen LogP contribution in [0.1, 0.15) is 36.2 Å². The van der Waals surface area contributed by atoms with E-state index in [0.717, 1.165) is 12.8 Å². The van der Waals surface area contributed by atoms with Gasteiger partial charge in [0.25, 0.3) is 5.91 Å². The number of carbonyl (C=O) groups excluding carboxylic acids is 2. The lowest BCUT2D eigenvalue weighted by Crippen LogP contribution is -2.28. The first kappa shape index (κ1) is 13.3. The minimum Gasteiger partial charge on any atom is -0.397 e. The summed E-state index contributed by atoms with van der Waals surface area (Å²) >= 11 is 0. The second kappa shape index (κ2) is 6.17. The first-order valence-electron chi connectivity index (χ1n) is 6.44. The van der Waals surface area contributed by atoms with E-state index in [9.17, 15) is 9.59 Å². The Hall–Kier alpha value is -2.11. The topological polar surface area (TPSA) is 97.1 Å². The fraction of sp³-hybridized carbons (Fsp3) is 0.462. The maximum absolute atomic E-state index is 11.7. The molecule has 0 aromatic carbocycles. The van der Waals surface area contributed by atoms with Crippen LogP contribution in [0.4, 0.5) is 5.69 Å². The lowest BCUT2D eigenvalue weighted by molar-refractivity contribution is -0.121. The minimum atomic E-state index is -0.248. The van der Waals surface area contributed by atoms with Crippen molar-refractivity contribution in [3.05, 3.63) is 24.0 Å². The highest BCUT2D eigenvalue weighted by Crippen LogP contribution is 2.18. The van der Waals surface area contributed by atoms with Crippen LogP contribution >= 0.6 is 0 Å². The van der Waals surface area contributed by atoms with Crippen LogP contribution in [0.2, 0.25) is 0 Å². The summed E-state index contributed by atoms with van der Waals surface area (Å²) in [5, 5.41) is 5.62. The quantitative estimate of drug-likeness (QED) is 0.648. The molecule has 0 radical (unpaired) electrons. The van der Waals surface area contributed by atoms with Crippen LogP contribution in [-0.4, -0.2) is 29.4 Å². The molecule has 0 aliphatic heterocycles. The van der Waals surface area contributed by atoms with E-state index in [2.05, 4.69) is 15.6 Å². The lowest BCUT2D eigenvalue weighted by atomic mass is 10.2. The van der Waals surface area contributed by atoms with Crippen LogP contribution in [0.15, 0.2) is 18.3 Å². The van der Waals surface area contributed by atoms with Gasteiger partial charge in [0.15, 0.2) is 0 Å². The van der Waals surface area contributed by atoms with E-state index in [4.69, 9.17) is 5.73 Å². The number of carbonyl (C=O) groups is 2. The first-order valence-corrected chi connectivity index (χ1v) is 6.44. The molecule has 0 unspecified atom stereocenters. The number of hydrogen-bond donors (Lipinski definition) is 3. The molecule has 0 spiro atoms. The van der Waals surface area contributed by atoms with Crippen molar-refractivity contribution >= 4 is 17.5 Å². The number of hydrogen-bond acceptors (Lipinski definition) is 4. The molecule has 6 heteroatoms. The van der Waals surface area contributed by atoms with Crippen LogP contribution in [0.25, 0.3) is 0 Å². The van der Waals surface area contributed by atoms with E-state index >= 15 is 0 Å². The van der Waals surface area contributed by atoms with Crippen molar-refractivity contribution in [2.75, 3.05) is 12.3 Å². The fourth-order valence-electron chi connectivity index (χ4n) is 1.61. The highest BCUT2D eigenvalue weighted by Gasteiger charge is 2.22. The molecule has 0 atom stereocenters. The molecule has 1 aromatic rings. The molecule has 102 valence electrons. The molecular formula is C13H18N4O2. The van der Waals surface area contributed by atoms with Gasteiger partial charge in [-0.05, 0) is 31.4 Å². The molecule has 1 saturated carbocycles. The molecule has 1 aliphatic rings. The standard InChI is InChI=1S/C13H18N4O2/c14-9-3-6-11(16-8-9)13(19)15-7-1-2-12(18)17-10-4-5-10/h3,6,8,10H,1-2,4-5,7,14H2,(H,15,19)(H,17,18). The Morgan fingerprint density at radius 1 is 1.37 bits per heavy atom. The monoisotopic (exact) mass is 262 g/mol. The smallest absolute Gasteiger partial charge is 0.269 e. The molecule has 1 aromatic heterocycles. The van der Waals surface area contributed by atoms with Gasteiger partial charge in [-0.2, -0.15) is 0 Å². The predicted octanol–water partition coefficient (Wildman–Crippen LogP) is 0.452. The molecule has 2 rings (SSSR count). The van der Waals surface area contributed by atoms with Crippen molar-refractivity contribution < 1.29 is 9.59 Å². The van der Waals surface area contributed by atoms with E-state index in [1.54, 1.807) is 12.1 Å². The van der Waals surface area contributed by atoms with Gasteiger partial charge in [0.2, 0.25) is 5.91 Å². The van der Waals surface area contributed by atoms with Gasteiger partial charge < -0.3 is 16.4 Å². The summed E-state index contributed by atoms with van der Waals surface area (Å²) in [4.78, 5) is 27.0. The van der Waals surface area contributed by atoms with Gasteiger partial charge >= 0.3 is 0 Å². The van der Waals surface area contributed by atoms with Crippen molar-refractivity contribution in [3.8, 4) is 0 Å². The molecule has 19 heavy (non-hydrogen) atoms. The Bertz CT molecular complexity index is 454. The average Bonchev–Trinajstić information content (AvgIpc) is 3.19. The number of aromatic nitrogens is 1. The first-order chi connectivity index (χ1) is 9.15. The van der Waals surface area contributed by atoms with Gasteiger partial charge in [-0.25, -0.2) is 4.98 Å². The highest BCUT2D eigenvalue weighted by molar-refractivity contribution is 5.92. The van der Waals surface area contributed by atoms with Crippen molar-refractivity contribution in [1.82, 2.24) is 15.6 Å². The summed E-state index contributed by atoms with van der Waals surface area (Å²) in [5.74, 6) is -0.190. The van der Waals surface area contributed by atoms with Gasteiger partial charge in [0.05, 0.1) is 11.9 Å². The summed E-state index contributed by atoms with van der Waals surface area (Å²) in [5.41, 5.74) is 6.34. The van der Waals surface area contributed by atoms with Gasteiger partial charge in [0.1, 0.15) is 5.69 Å². The summed E-state index contributed by atoms with van der Waals surface area (Å²) in [7, 11) is 0. The molecule has 1 aliphatic carbocycles. The summed E-state index contributed by atoms with van der Waals surface area (Å²) in [6, 6.07) is 3.59. The third-order valence-corrected chi connectivity index (χ3v) is 2.83. The van der Waals surface area contributed by atoms with Crippen molar-refractivity contribution in [1.29, 1.82) is 0 Å². The molecule has 0 saturated heterocycles. The Balaban J connectivity index is 1.63. The number of pyridine rings is 1. The molecular weight excluding hydrogens is 244 g/mol. The molecule has 4 N–H and O–H groups in total. The fourth-order valence-corrected chi connectivity index (χ4v) is 1.61. The van der Waals surface area contributed by atoms with E-state index in [1.165, 1.54) is 6.20 Å². The van der Waals surface area contributed by atoms with Gasteiger partial charge in [-0.15, -0.1) is 0 Å². The number of nitrogens with zero attached hydrogens (tertiary/aromatic N) is 1. The zero-order valence-corrected chi connectivity index (χ0v) is 10.7. The van der Waals surface area contributed by atoms with Crippen LogP contribution in [0.3, 0.4) is 0 Å². The molecule has 2 amide bonds. The number of amides is 2. The Kier molecular flexibility index (Phi) is 4.33. The van der Waals surface area contributed by atoms with Crippen molar-refractivity contribution in [2.45, 2.75) is 31.7 Å². The molecule has 6 nitrogen and oxygen atoms in total. The zero-order chi connectivity index (χ0) is 13.7. The Morgan fingerprint density at radius 2 is 2.16 bits per heavy atom.